The van der Waals surface area contributed by atoms with E-state index >= 15 is 0 Å². The van der Waals surface area contributed by atoms with Crippen LogP contribution >= 0.6 is 0 Å². The molecule has 1 aliphatic rings. The summed E-state index contributed by atoms with van der Waals surface area (Å²) in [4.78, 5) is 19.4. The quantitative estimate of drug-likeness (QED) is 0.868. The van der Waals surface area contributed by atoms with Gasteiger partial charge < -0.3 is 15.2 Å². The lowest BCUT2D eigenvalue weighted by molar-refractivity contribution is -0.0865. The summed E-state index contributed by atoms with van der Waals surface area (Å²) in [6.07, 6.45) is 3.70. The van der Waals surface area contributed by atoms with Crippen molar-refractivity contribution in [2.75, 3.05) is 11.9 Å². The van der Waals surface area contributed by atoms with Crippen molar-refractivity contribution in [3.63, 3.8) is 0 Å². The molecule has 0 spiro atoms. The number of hydrogen-bond acceptors (Lipinski definition) is 5. The molecule has 1 aromatic heterocycles. The Morgan fingerprint density at radius 3 is 2.81 bits per heavy atom. The molecule has 2 N–H and O–H groups in total. The number of carboxylic acid groups (broad SMARTS) is 1. The number of carbonyl (C=O) groups is 1. The Labute approximate surface area is 124 Å². The summed E-state index contributed by atoms with van der Waals surface area (Å²) >= 11 is 0. The van der Waals surface area contributed by atoms with E-state index in [0.29, 0.717) is 18.2 Å². The van der Waals surface area contributed by atoms with Crippen LogP contribution in [0.4, 0.5) is 5.95 Å². The maximum absolute atomic E-state index is 11.1. The van der Waals surface area contributed by atoms with Gasteiger partial charge in [-0.25, -0.2) is 14.8 Å². The van der Waals surface area contributed by atoms with E-state index in [1.807, 2.05) is 0 Å². The fourth-order valence-corrected chi connectivity index (χ4v) is 2.82. The van der Waals surface area contributed by atoms with Crippen LogP contribution in [-0.4, -0.2) is 39.3 Å². The molecule has 1 aliphatic heterocycles. The topological polar surface area (TPSA) is 84.3 Å². The number of carboxylic acids is 1. The average molecular weight is 293 g/mol. The molecule has 6 nitrogen and oxygen atoms in total. The van der Waals surface area contributed by atoms with Gasteiger partial charge in [0.15, 0.2) is 5.69 Å². The lowest BCUT2D eigenvalue weighted by Crippen LogP contribution is -2.44. The second-order valence-corrected chi connectivity index (χ2v) is 5.60. The minimum absolute atomic E-state index is 0.0225. The van der Waals surface area contributed by atoms with Crippen LogP contribution in [0.5, 0.6) is 0 Å². The molecular formula is C15H23N3O3. The van der Waals surface area contributed by atoms with Crippen LogP contribution in [0.2, 0.25) is 0 Å². The van der Waals surface area contributed by atoms with Crippen LogP contribution in [0.3, 0.4) is 0 Å². The summed E-state index contributed by atoms with van der Waals surface area (Å²) < 4.78 is 5.94. The molecule has 6 heteroatoms. The number of anilines is 1. The first-order valence-corrected chi connectivity index (χ1v) is 7.47. The number of rotatable bonds is 5. The van der Waals surface area contributed by atoms with Gasteiger partial charge in [-0.05, 0) is 38.7 Å². The maximum Gasteiger partial charge on any atom is 0.354 e. The van der Waals surface area contributed by atoms with Crippen molar-refractivity contribution in [3.8, 4) is 0 Å². The highest BCUT2D eigenvalue weighted by molar-refractivity contribution is 5.85. The lowest BCUT2D eigenvalue weighted by atomic mass is 9.86. The summed E-state index contributed by atoms with van der Waals surface area (Å²) in [5.41, 5.74) is 0.582. The van der Waals surface area contributed by atoms with E-state index in [1.54, 1.807) is 6.92 Å². The molecule has 2 rings (SSSR count). The summed E-state index contributed by atoms with van der Waals surface area (Å²) in [5, 5.41) is 12.3. The number of ether oxygens (including phenoxy) is 1. The maximum atomic E-state index is 11.1. The molecule has 0 aromatic carbocycles. The van der Waals surface area contributed by atoms with E-state index in [4.69, 9.17) is 9.84 Å². The first-order valence-electron chi connectivity index (χ1n) is 7.47. The van der Waals surface area contributed by atoms with Crippen molar-refractivity contribution in [2.24, 2.45) is 0 Å². The predicted molar refractivity (Wildman–Crippen MR) is 79.6 cm³/mol. The van der Waals surface area contributed by atoms with Crippen LogP contribution in [0.1, 0.15) is 55.7 Å². The van der Waals surface area contributed by atoms with Gasteiger partial charge in [0.25, 0.3) is 0 Å². The molecule has 0 bridgehead atoms. The van der Waals surface area contributed by atoms with Crippen molar-refractivity contribution in [1.29, 1.82) is 0 Å². The highest BCUT2D eigenvalue weighted by Gasteiger charge is 2.34. The Bertz CT molecular complexity index is 515. The van der Waals surface area contributed by atoms with E-state index in [1.165, 1.54) is 6.07 Å². The standard InChI is InChI=1S/C15H23N3O3/c1-4-15(5-2)9-11(6-7-21-15)17-14-16-10(3)8-12(18-14)13(19)20/h8,11H,4-7,9H2,1-3H3,(H,19,20)(H,16,17,18). The smallest absolute Gasteiger partial charge is 0.354 e. The van der Waals surface area contributed by atoms with Gasteiger partial charge in [-0.1, -0.05) is 13.8 Å². The van der Waals surface area contributed by atoms with E-state index in [2.05, 4.69) is 29.1 Å². The fourth-order valence-electron chi connectivity index (χ4n) is 2.82. The third-order valence-electron chi connectivity index (χ3n) is 4.19. The highest BCUT2D eigenvalue weighted by atomic mass is 16.5. The molecule has 21 heavy (non-hydrogen) atoms. The van der Waals surface area contributed by atoms with Crippen LogP contribution in [0, 0.1) is 6.92 Å². The van der Waals surface area contributed by atoms with Gasteiger partial charge in [-0.2, -0.15) is 0 Å². The van der Waals surface area contributed by atoms with Gasteiger partial charge in [0.2, 0.25) is 5.95 Å². The number of nitrogens with one attached hydrogen (secondary N) is 1. The second-order valence-electron chi connectivity index (χ2n) is 5.60. The molecule has 2 heterocycles. The third kappa shape index (κ3) is 3.69. The van der Waals surface area contributed by atoms with Gasteiger partial charge in [-0.3, -0.25) is 0 Å². The zero-order valence-corrected chi connectivity index (χ0v) is 12.8. The minimum Gasteiger partial charge on any atom is -0.477 e. The second kappa shape index (κ2) is 6.39. The molecule has 1 aromatic rings. The molecule has 0 aliphatic carbocycles. The van der Waals surface area contributed by atoms with Crippen molar-refractivity contribution >= 4 is 11.9 Å². The Balaban J connectivity index is 2.12. The summed E-state index contributed by atoms with van der Waals surface area (Å²) in [6, 6.07) is 1.68. The van der Waals surface area contributed by atoms with E-state index in [0.717, 1.165) is 25.7 Å². The Kier molecular flexibility index (Phi) is 4.77. The number of nitrogens with zero attached hydrogens (tertiary/aromatic N) is 2. The zero-order valence-electron chi connectivity index (χ0n) is 12.8. The van der Waals surface area contributed by atoms with Crippen molar-refractivity contribution in [2.45, 2.75) is 58.1 Å². The summed E-state index contributed by atoms with van der Waals surface area (Å²) in [7, 11) is 0. The number of aromatic carboxylic acids is 1. The van der Waals surface area contributed by atoms with Crippen LogP contribution in [0.15, 0.2) is 6.07 Å². The van der Waals surface area contributed by atoms with Gasteiger partial charge in [0.1, 0.15) is 0 Å². The minimum atomic E-state index is -1.04. The third-order valence-corrected chi connectivity index (χ3v) is 4.19. The first-order chi connectivity index (χ1) is 9.98. The normalized spacial score (nSPS) is 21.0. The highest BCUT2D eigenvalue weighted by Crippen LogP contribution is 2.32. The number of aryl methyl sites for hydroxylation is 1. The predicted octanol–water partition coefficient (Wildman–Crippen LogP) is 2.63. The Morgan fingerprint density at radius 1 is 1.48 bits per heavy atom. The first kappa shape index (κ1) is 15.7. The van der Waals surface area contributed by atoms with Crippen LogP contribution in [-0.2, 0) is 4.74 Å². The molecule has 0 saturated carbocycles. The summed E-state index contributed by atoms with van der Waals surface area (Å²) in [6.45, 7) is 6.75. The van der Waals surface area contributed by atoms with Crippen molar-refractivity contribution < 1.29 is 14.6 Å². The Morgan fingerprint density at radius 2 is 2.19 bits per heavy atom. The zero-order chi connectivity index (χ0) is 15.5. The van der Waals surface area contributed by atoms with E-state index in [9.17, 15) is 4.79 Å². The van der Waals surface area contributed by atoms with E-state index in [-0.39, 0.29) is 17.3 Å². The molecule has 0 radical (unpaired) electrons. The molecule has 1 fully saturated rings. The molecule has 116 valence electrons. The van der Waals surface area contributed by atoms with Crippen molar-refractivity contribution in [3.05, 3.63) is 17.5 Å². The van der Waals surface area contributed by atoms with E-state index < -0.39 is 5.97 Å². The van der Waals surface area contributed by atoms with Crippen molar-refractivity contribution in [1.82, 2.24) is 9.97 Å². The SMILES string of the molecule is CCC1(CC)CC(Nc2nc(C)cc(C(=O)O)n2)CCO1. The Hall–Kier alpha value is -1.69. The molecular weight excluding hydrogens is 270 g/mol. The molecule has 1 atom stereocenters. The molecule has 1 saturated heterocycles. The lowest BCUT2D eigenvalue weighted by Gasteiger charge is -2.40. The van der Waals surface area contributed by atoms with Crippen LogP contribution in [0.25, 0.3) is 0 Å². The van der Waals surface area contributed by atoms with Gasteiger partial charge in [-0.15, -0.1) is 0 Å². The fraction of sp³-hybridized carbons (Fsp3) is 0.667. The molecule has 1 unspecified atom stereocenters. The van der Waals surface area contributed by atoms with Crippen LogP contribution < -0.4 is 5.32 Å². The average Bonchev–Trinajstić information content (AvgIpc) is 2.46. The molecule has 0 amide bonds. The monoisotopic (exact) mass is 293 g/mol. The number of aromatic nitrogens is 2. The number of hydrogen-bond donors (Lipinski definition) is 2. The summed E-state index contributed by atoms with van der Waals surface area (Å²) in [5.74, 6) is -0.646. The van der Waals surface area contributed by atoms with Gasteiger partial charge in [0.05, 0.1) is 5.60 Å². The largest absolute Gasteiger partial charge is 0.477 e. The van der Waals surface area contributed by atoms with Gasteiger partial charge >= 0.3 is 5.97 Å². The van der Waals surface area contributed by atoms with Gasteiger partial charge in [0, 0.05) is 18.3 Å².